The Kier molecular flexibility index (Phi) is 6.60. The first-order chi connectivity index (χ1) is 14.5. The Morgan fingerprint density at radius 3 is 2.50 bits per heavy atom. The van der Waals surface area contributed by atoms with Gasteiger partial charge in [0.2, 0.25) is 10.9 Å². The highest BCUT2D eigenvalue weighted by molar-refractivity contribution is 6.06. The van der Waals surface area contributed by atoms with Crippen LogP contribution in [0.3, 0.4) is 0 Å². The number of aromatic nitrogens is 2. The molecule has 2 aromatic carbocycles. The van der Waals surface area contributed by atoms with Crippen LogP contribution < -0.4 is 37.3 Å². The van der Waals surface area contributed by atoms with Crippen LogP contribution in [-0.2, 0) is 0 Å². The second kappa shape index (κ2) is 9.33. The molecule has 3 aromatic rings. The summed E-state index contributed by atoms with van der Waals surface area (Å²) >= 11 is 0. The summed E-state index contributed by atoms with van der Waals surface area (Å²) in [6, 6.07) is 3.74. The number of amides is 1. The van der Waals surface area contributed by atoms with Crippen LogP contribution in [0.5, 0.6) is 5.75 Å². The Morgan fingerprint density at radius 2 is 1.77 bits per heavy atom. The lowest BCUT2D eigenvalue weighted by atomic mass is 10.1. The second-order valence-corrected chi connectivity index (χ2v) is 6.66. The molecular weight excluding hydrogens is 388 g/mol. The molecule has 0 spiro atoms. The topological polar surface area (TPSA) is 148 Å². The molecule has 0 atom stereocenters. The summed E-state index contributed by atoms with van der Waals surface area (Å²) in [5.41, 5.74) is -0.263. The Hall–Kier alpha value is -3.50. The Labute approximate surface area is 171 Å². The summed E-state index contributed by atoms with van der Waals surface area (Å²) in [4.78, 5) is 44.7. The van der Waals surface area contributed by atoms with E-state index in [1.54, 1.807) is 13.2 Å². The third kappa shape index (κ3) is 4.24. The number of nitrogens with one attached hydrogen (secondary N) is 5. The summed E-state index contributed by atoms with van der Waals surface area (Å²) in [5.74, 6) is -0.641. The minimum atomic E-state index is -0.498. The number of phenolic OH excluding ortho intramolecular Hbond substituents is 1. The summed E-state index contributed by atoms with van der Waals surface area (Å²) in [6.07, 6.45) is 1.54. The van der Waals surface area contributed by atoms with Gasteiger partial charge in [-0.25, -0.2) is 4.98 Å². The fraction of sp³-hybridized carbons (Fsp3) is 0.300. The lowest BCUT2D eigenvalue weighted by Crippen LogP contribution is -2.31. The first kappa shape index (κ1) is 21.2. The molecule has 1 amide bonds. The van der Waals surface area contributed by atoms with E-state index in [4.69, 9.17) is 0 Å². The second-order valence-electron chi connectivity index (χ2n) is 6.66. The van der Waals surface area contributed by atoms with E-state index < -0.39 is 10.9 Å². The molecule has 0 saturated carbocycles. The predicted octanol–water partition coefficient (Wildman–Crippen LogP) is -1.64. The first-order valence-electron chi connectivity index (χ1n) is 9.51. The lowest BCUT2D eigenvalue weighted by Gasteiger charge is -2.09. The number of rotatable bonds is 8. The quantitative estimate of drug-likeness (QED) is 0.191. The number of carbonyl (C=O) groups is 1. The number of phenols is 1. The fourth-order valence-corrected chi connectivity index (χ4v) is 3.03. The van der Waals surface area contributed by atoms with Crippen LogP contribution >= 0.6 is 0 Å². The van der Waals surface area contributed by atoms with Crippen molar-refractivity contribution in [2.75, 3.05) is 40.3 Å². The number of aromatic hydroxyl groups is 1. The normalized spacial score (nSPS) is 11.9. The molecule has 0 aliphatic carbocycles. The molecule has 1 heterocycles. The molecular formula is C20H24N6O4. The monoisotopic (exact) mass is 412 g/mol. The third-order valence-electron chi connectivity index (χ3n) is 4.57. The zero-order chi connectivity index (χ0) is 21.7. The van der Waals surface area contributed by atoms with E-state index in [0.29, 0.717) is 26.2 Å². The minimum absolute atomic E-state index is 0.0126. The average Bonchev–Trinajstić information content (AvgIpc) is 2.73. The van der Waals surface area contributed by atoms with Gasteiger partial charge < -0.3 is 31.4 Å². The number of fused-ring (bicyclic) bond motifs is 2. The number of carbonyl (C=O) groups excluding carboxylic acids is 1. The molecule has 0 unspecified atom stereocenters. The van der Waals surface area contributed by atoms with Crippen LogP contribution in [0.1, 0.15) is 10.4 Å². The van der Waals surface area contributed by atoms with Gasteiger partial charge in [0.1, 0.15) is 22.3 Å². The zero-order valence-electron chi connectivity index (χ0n) is 16.8. The highest BCUT2D eigenvalue weighted by Crippen LogP contribution is 2.15. The van der Waals surface area contributed by atoms with Crippen molar-refractivity contribution in [2.45, 2.75) is 0 Å². The smallest absolute Gasteiger partial charge is 0.253 e. The number of aromatic amines is 1. The van der Waals surface area contributed by atoms with Gasteiger partial charge in [-0.2, -0.15) is 0 Å². The standard InChI is InChI=1S/C20H24N6O4/c1-21-5-7-23-10-12-14(28)9-15(29)19-17(12)26-18-13(27)4-3-11(16(18)25-19)20(30)24-8-6-22-2/h3-4,9-10,21-23,25,28H,5-8H2,1-2H3,(H,24,30)/b12-10-. The average molecular weight is 412 g/mol. The summed E-state index contributed by atoms with van der Waals surface area (Å²) < 4.78 is 0. The fourth-order valence-electron chi connectivity index (χ4n) is 3.03. The van der Waals surface area contributed by atoms with Crippen LogP contribution in [0.25, 0.3) is 28.3 Å². The van der Waals surface area contributed by atoms with Crippen LogP contribution in [0.2, 0.25) is 0 Å². The molecule has 1 aromatic heterocycles. The molecule has 0 aliphatic heterocycles. The van der Waals surface area contributed by atoms with Gasteiger partial charge in [-0.05, 0) is 26.2 Å². The maximum atomic E-state index is 12.6. The molecule has 0 radical (unpaired) electrons. The molecule has 10 nitrogen and oxygen atoms in total. The minimum Gasteiger partial charge on any atom is -0.507 e. The highest BCUT2D eigenvalue weighted by Gasteiger charge is 2.16. The first-order valence-corrected chi connectivity index (χ1v) is 9.51. The van der Waals surface area contributed by atoms with Crippen molar-refractivity contribution in [3.8, 4) is 5.75 Å². The van der Waals surface area contributed by atoms with Gasteiger partial charge in [0.15, 0.2) is 0 Å². The van der Waals surface area contributed by atoms with Gasteiger partial charge >= 0.3 is 0 Å². The van der Waals surface area contributed by atoms with Crippen LogP contribution in [-0.4, -0.2) is 61.3 Å². The molecule has 0 bridgehead atoms. The molecule has 30 heavy (non-hydrogen) atoms. The largest absolute Gasteiger partial charge is 0.507 e. The maximum absolute atomic E-state index is 12.6. The Morgan fingerprint density at radius 1 is 1.03 bits per heavy atom. The lowest BCUT2D eigenvalue weighted by molar-refractivity contribution is 0.0955. The van der Waals surface area contributed by atoms with E-state index >= 15 is 0 Å². The summed E-state index contributed by atoms with van der Waals surface area (Å²) in [6.45, 7) is 2.25. The Balaban J connectivity index is 2.22. The number of H-pyrrole nitrogens is 1. The van der Waals surface area contributed by atoms with Crippen molar-refractivity contribution in [1.29, 1.82) is 0 Å². The molecule has 6 N–H and O–H groups in total. The number of nitrogens with zero attached hydrogens (tertiary/aromatic N) is 1. The van der Waals surface area contributed by atoms with Gasteiger partial charge in [0, 0.05) is 38.4 Å². The van der Waals surface area contributed by atoms with Gasteiger partial charge in [0.05, 0.1) is 16.3 Å². The van der Waals surface area contributed by atoms with Gasteiger partial charge in [0.25, 0.3) is 5.91 Å². The van der Waals surface area contributed by atoms with E-state index in [9.17, 15) is 19.5 Å². The summed E-state index contributed by atoms with van der Waals surface area (Å²) in [7, 11) is 3.58. The van der Waals surface area contributed by atoms with Crippen molar-refractivity contribution in [2.24, 2.45) is 0 Å². The SMILES string of the molecule is CNCCN/C=c1/c(O)cc(=O)c2[nH]c3c(C(=O)NCCNC)ccc(=O)c3nc12. The number of likely N-dealkylation sites (N-methyl/N-ethyl adjacent to an activating group) is 2. The van der Waals surface area contributed by atoms with Crippen LogP contribution in [0.15, 0.2) is 27.8 Å². The van der Waals surface area contributed by atoms with Crippen molar-refractivity contribution in [1.82, 2.24) is 31.2 Å². The molecule has 158 valence electrons. The van der Waals surface area contributed by atoms with E-state index in [0.717, 1.165) is 6.07 Å². The molecule has 10 heteroatoms. The maximum Gasteiger partial charge on any atom is 0.253 e. The molecule has 0 fully saturated rings. The number of hydrogen-bond donors (Lipinski definition) is 6. The molecule has 0 saturated heterocycles. The zero-order valence-corrected chi connectivity index (χ0v) is 16.8. The third-order valence-corrected chi connectivity index (χ3v) is 4.57. The van der Waals surface area contributed by atoms with Gasteiger partial charge in [-0.1, -0.05) is 0 Å². The molecule has 3 rings (SSSR count). The van der Waals surface area contributed by atoms with Gasteiger partial charge in [-0.15, -0.1) is 0 Å². The van der Waals surface area contributed by atoms with E-state index in [1.807, 2.05) is 7.05 Å². The van der Waals surface area contributed by atoms with E-state index in [1.165, 1.54) is 12.1 Å². The van der Waals surface area contributed by atoms with Gasteiger partial charge in [-0.3, -0.25) is 14.4 Å². The van der Waals surface area contributed by atoms with Crippen molar-refractivity contribution < 1.29 is 9.90 Å². The van der Waals surface area contributed by atoms with Crippen molar-refractivity contribution in [3.63, 3.8) is 0 Å². The molecule has 0 aliphatic rings. The highest BCUT2D eigenvalue weighted by atomic mass is 16.3. The van der Waals surface area contributed by atoms with Crippen LogP contribution in [0.4, 0.5) is 0 Å². The number of benzene rings is 2. The van der Waals surface area contributed by atoms with E-state index in [2.05, 4.69) is 31.2 Å². The van der Waals surface area contributed by atoms with Crippen LogP contribution in [0, 0.1) is 0 Å². The van der Waals surface area contributed by atoms with Crippen molar-refractivity contribution >= 4 is 34.2 Å². The van der Waals surface area contributed by atoms with E-state index in [-0.39, 0.29) is 44.5 Å². The Bertz CT molecular complexity index is 1250. The van der Waals surface area contributed by atoms with Crippen molar-refractivity contribution in [3.05, 3.63) is 49.4 Å². The summed E-state index contributed by atoms with van der Waals surface area (Å²) in [5, 5.41) is 22.2. The number of hydrogen-bond acceptors (Lipinski definition) is 8. The predicted molar refractivity (Wildman–Crippen MR) is 116 cm³/mol.